The zero-order valence-electron chi connectivity index (χ0n) is 9.45. The van der Waals surface area contributed by atoms with E-state index in [1.54, 1.807) is 0 Å². The molecule has 1 rings (SSSR count). The van der Waals surface area contributed by atoms with Gasteiger partial charge in [0.25, 0.3) is 0 Å². The molecule has 0 aromatic heterocycles. The average Bonchev–Trinajstić information content (AvgIpc) is 2.29. The van der Waals surface area contributed by atoms with Gasteiger partial charge in [0.2, 0.25) is 5.79 Å². The maximum absolute atomic E-state index is 5.80. The molecule has 0 amide bonds. The van der Waals surface area contributed by atoms with Crippen molar-refractivity contribution < 1.29 is 9.47 Å². The lowest BCUT2D eigenvalue weighted by atomic mass is 10.1. The van der Waals surface area contributed by atoms with Crippen molar-refractivity contribution in [3.63, 3.8) is 0 Å². The third-order valence-electron chi connectivity index (χ3n) is 2.18. The molecule has 1 aromatic rings. The molecule has 16 heavy (non-hydrogen) atoms. The van der Waals surface area contributed by atoms with Crippen molar-refractivity contribution in [3.05, 3.63) is 35.9 Å². The number of alkyl halides is 2. The van der Waals surface area contributed by atoms with Gasteiger partial charge in [0.05, 0.1) is 0 Å². The predicted octanol–water partition coefficient (Wildman–Crippen LogP) is 4.03. The van der Waals surface area contributed by atoms with Gasteiger partial charge in [-0.2, -0.15) is 0 Å². The molecule has 0 atom stereocenters. The van der Waals surface area contributed by atoms with Gasteiger partial charge in [0.15, 0.2) is 0 Å². The first-order valence-corrected chi connectivity index (χ1v) is 7.12. The Kier molecular flexibility index (Phi) is 5.97. The highest BCUT2D eigenvalue weighted by Gasteiger charge is 2.39. The van der Waals surface area contributed by atoms with E-state index in [0.717, 1.165) is 5.56 Å². The molecule has 4 heteroatoms. The topological polar surface area (TPSA) is 18.5 Å². The highest BCUT2D eigenvalue weighted by Crippen LogP contribution is 2.38. The molecule has 90 valence electrons. The van der Waals surface area contributed by atoms with E-state index in [4.69, 9.17) is 9.47 Å². The van der Waals surface area contributed by atoms with Crippen molar-refractivity contribution in [1.82, 2.24) is 0 Å². The number of hydrogen-bond acceptors (Lipinski definition) is 2. The number of benzene rings is 1. The Morgan fingerprint density at radius 2 is 1.56 bits per heavy atom. The van der Waals surface area contributed by atoms with Gasteiger partial charge in [-0.3, -0.25) is 0 Å². The molecular weight excluding hydrogens is 336 g/mol. The van der Waals surface area contributed by atoms with Crippen LogP contribution in [0.3, 0.4) is 0 Å². The summed E-state index contributed by atoms with van der Waals surface area (Å²) in [5.41, 5.74) is 0.998. The minimum absolute atomic E-state index is 0.102. The van der Waals surface area contributed by atoms with Crippen molar-refractivity contribution in [2.24, 2.45) is 0 Å². The summed E-state index contributed by atoms with van der Waals surface area (Å²) < 4.78 is 11.5. The highest BCUT2D eigenvalue weighted by atomic mass is 79.9. The zero-order valence-corrected chi connectivity index (χ0v) is 12.6. The van der Waals surface area contributed by atoms with Gasteiger partial charge < -0.3 is 9.47 Å². The van der Waals surface area contributed by atoms with Crippen LogP contribution in [0.1, 0.15) is 19.4 Å². The van der Waals surface area contributed by atoms with Crippen molar-refractivity contribution in [1.29, 1.82) is 0 Å². The third kappa shape index (κ3) is 3.06. The van der Waals surface area contributed by atoms with E-state index in [2.05, 4.69) is 31.9 Å². The van der Waals surface area contributed by atoms with Gasteiger partial charge in [0.1, 0.15) is 3.74 Å². The van der Waals surface area contributed by atoms with E-state index >= 15 is 0 Å². The van der Waals surface area contributed by atoms with Crippen molar-refractivity contribution >= 4 is 31.9 Å². The molecule has 0 heterocycles. The predicted molar refractivity (Wildman–Crippen MR) is 73.0 cm³/mol. The van der Waals surface area contributed by atoms with E-state index in [9.17, 15) is 0 Å². The van der Waals surface area contributed by atoms with Crippen molar-refractivity contribution in [2.75, 3.05) is 13.2 Å². The summed E-state index contributed by atoms with van der Waals surface area (Å²) in [6, 6.07) is 9.93. The fourth-order valence-electron chi connectivity index (χ4n) is 1.56. The second-order valence-corrected chi connectivity index (χ2v) is 6.26. The van der Waals surface area contributed by atoms with Crippen LogP contribution in [0, 0.1) is 0 Å². The highest BCUT2D eigenvalue weighted by molar-refractivity contribution is 9.24. The van der Waals surface area contributed by atoms with Gasteiger partial charge >= 0.3 is 0 Å². The van der Waals surface area contributed by atoms with Crippen LogP contribution in [-0.2, 0) is 15.3 Å². The molecule has 1 aromatic carbocycles. The van der Waals surface area contributed by atoms with Gasteiger partial charge in [-0.1, -0.05) is 62.2 Å². The van der Waals surface area contributed by atoms with Crippen LogP contribution < -0.4 is 0 Å². The fraction of sp³-hybridized carbons (Fsp3) is 0.500. The van der Waals surface area contributed by atoms with E-state index in [1.165, 1.54) is 0 Å². The number of halogens is 2. The fourth-order valence-corrected chi connectivity index (χ4v) is 2.62. The van der Waals surface area contributed by atoms with Crippen LogP contribution in [0.25, 0.3) is 0 Å². The van der Waals surface area contributed by atoms with E-state index in [1.807, 2.05) is 44.2 Å². The first-order chi connectivity index (χ1) is 7.67. The molecule has 0 radical (unpaired) electrons. The van der Waals surface area contributed by atoms with E-state index in [0.29, 0.717) is 13.2 Å². The molecule has 0 bridgehead atoms. The van der Waals surface area contributed by atoms with Crippen molar-refractivity contribution in [2.45, 2.75) is 23.4 Å². The molecule has 0 spiro atoms. The molecule has 0 aliphatic rings. The second kappa shape index (κ2) is 6.74. The number of hydrogen-bond donors (Lipinski definition) is 0. The second-order valence-electron chi connectivity index (χ2n) is 3.20. The summed E-state index contributed by atoms with van der Waals surface area (Å²) in [4.78, 5) is 0. The number of rotatable bonds is 6. The molecule has 2 nitrogen and oxygen atoms in total. The summed E-state index contributed by atoms with van der Waals surface area (Å²) in [6.45, 7) is 5.09. The van der Waals surface area contributed by atoms with E-state index < -0.39 is 5.79 Å². The maximum Gasteiger partial charge on any atom is 0.217 e. The van der Waals surface area contributed by atoms with Crippen molar-refractivity contribution in [3.8, 4) is 0 Å². The molecule has 0 aliphatic heterocycles. The quantitative estimate of drug-likeness (QED) is 0.569. The summed E-state index contributed by atoms with van der Waals surface area (Å²) in [6.07, 6.45) is 0. The summed E-state index contributed by atoms with van der Waals surface area (Å²) >= 11 is 7.01. The Bertz CT molecular complexity index is 295. The Hall–Kier alpha value is 0.1000. The standard InChI is InChI=1S/C12H16Br2O2/c1-3-15-12(11(13)14,16-4-2)10-8-6-5-7-9-10/h5-9,11H,3-4H2,1-2H3. The van der Waals surface area contributed by atoms with Crippen LogP contribution in [0.4, 0.5) is 0 Å². The monoisotopic (exact) mass is 350 g/mol. The molecular formula is C12H16Br2O2. The summed E-state index contributed by atoms with van der Waals surface area (Å²) in [7, 11) is 0. The molecule has 0 N–H and O–H groups in total. The molecule has 0 saturated heterocycles. The zero-order chi connectivity index (χ0) is 12.0. The van der Waals surface area contributed by atoms with Gasteiger partial charge in [-0.15, -0.1) is 0 Å². The van der Waals surface area contributed by atoms with Gasteiger partial charge in [-0.05, 0) is 13.8 Å². The van der Waals surface area contributed by atoms with Crippen LogP contribution in [0.15, 0.2) is 30.3 Å². The smallest absolute Gasteiger partial charge is 0.217 e. The lowest BCUT2D eigenvalue weighted by Gasteiger charge is -2.35. The molecule has 0 saturated carbocycles. The van der Waals surface area contributed by atoms with Crippen LogP contribution in [0.2, 0.25) is 0 Å². The Morgan fingerprint density at radius 1 is 1.06 bits per heavy atom. The Balaban J connectivity index is 3.10. The summed E-state index contributed by atoms with van der Waals surface area (Å²) in [5.74, 6) is -0.773. The molecule has 0 aliphatic carbocycles. The van der Waals surface area contributed by atoms with Gasteiger partial charge in [-0.25, -0.2) is 0 Å². The first kappa shape index (κ1) is 14.2. The van der Waals surface area contributed by atoms with Crippen LogP contribution in [-0.4, -0.2) is 17.0 Å². The van der Waals surface area contributed by atoms with Crippen LogP contribution in [0.5, 0.6) is 0 Å². The summed E-state index contributed by atoms with van der Waals surface area (Å²) in [5, 5.41) is 0. The largest absolute Gasteiger partial charge is 0.345 e. The number of ether oxygens (including phenoxy) is 2. The van der Waals surface area contributed by atoms with Gasteiger partial charge in [0, 0.05) is 18.8 Å². The normalized spacial score (nSPS) is 12.1. The average molecular weight is 352 g/mol. The SMILES string of the molecule is CCOC(OCC)(c1ccccc1)C(Br)Br. The Labute approximate surface area is 114 Å². The Morgan fingerprint density at radius 3 is 1.94 bits per heavy atom. The lowest BCUT2D eigenvalue weighted by molar-refractivity contribution is -0.229. The maximum atomic E-state index is 5.80. The minimum Gasteiger partial charge on any atom is -0.345 e. The first-order valence-electron chi connectivity index (χ1n) is 5.29. The molecule has 0 unspecified atom stereocenters. The third-order valence-corrected chi connectivity index (χ3v) is 3.39. The lowest BCUT2D eigenvalue weighted by Crippen LogP contribution is -2.39. The van der Waals surface area contributed by atoms with E-state index in [-0.39, 0.29) is 3.74 Å². The molecule has 0 fully saturated rings. The minimum atomic E-state index is -0.773. The van der Waals surface area contributed by atoms with Crippen LogP contribution >= 0.6 is 31.9 Å².